The lowest BCUT2D eigenvalue weighted by Crippen LogP contribution is -2.47. The predicted octanol–water partition coefficient (Wildman–Crippen LogP) is 4.59. The van der Waals surface area contributed by atoms with Gasteiger partial charge in [-0.1, -0.05) is 32.9 Å². The average Bonchev–Trinajstić information content (AvgIpc) is 2.82. The van der Waals surface area contributed by atoms with Crippen LogP contribution in [0.3, 0.4) is 0 Å². The average molecular weight is 456 g/mol. The Balaban J connectivity index is 1.98. The fourth-order valence-corrected chi connectivity index (χ4v) is 4.24. The van der Waals surface area contributed by atoms with Gasteiger partial charge in [-0.15, -0.1) is 5.73 Å². The topological polar surface area (TPSA) is 36.0 Å². The first kappa shape index (κ1) is 27.3. The van der Waals surface area contributed by atoms with Crippen molar-refractivity contribution < 1.29 is 9.53 Å². The van der Waals surface area contributed by atoms with Crippen molar-refractivity contribution >= 4 is 5.78 Å². The minimum atomic E-state index is 0.372. The summed E-state index contributed by atoms with van der Waals surface area (Å²) >= 11 is 0. The zero-order valence-corrected chi connectivity index (χ0v) is 21.3. The van der Waals surface area contributed by atoms with Gasteiger partial charge in [0.25, 0.3) is 0 Å². The molecule has 2 aliphatic rings. The van der Waals surface area contributed by atoms with Crippen molar-refractivity contribution in [2.45, 2.75) is 52.9 Å². The van der Waals surface area contributed by atoms with Crippen LogP contribution < -0.4 is 0 Å². The maximum atomic E-state index is 11.9. The molecular formula is C28H45N3O2. The molecule has 0 bridgehead atoms. The summed E-state index contributed by atoms with van der Waals surface area (Å²) in [5.41, 5.74) is 6.86. The third kappa shape index (κ3) is 10.3. The quantitative estimate of drug-likeness (QED) is 0.300. The monoisotopic (exact) mass is 455 g/mol. The fraction of sp³-hybridized carbons (Fsp3) is 0.643. The molecule has 184 valence electrons. The molecule has 0 aromatic rings. The standard InChI is InChI=1S/C28H45N3O2/c1-5-8-12-26(10-6-2)25(4)23-27(31-19-21-33-22-20-31)13-9-14-29-15-17-30(18-16-29)24-28(32)11-7-3/h6,9,13,23H,4-5,7-8,11-12,14-22,24H2,1-3H3/b13-9-,27-23+. The molecule has 2 heterocycles. The number of carbonyl (C=O) groups excluding carboxylic acids is 1. The van der Waals surface area contributed by atoms with Crippen LogP contribution >= 0.6 is 0 Å². The Morgan fingerprint density at radius 2 is 1.70 bits per heavy atom. The second-order valence-electron chi connectivity index (χ2n) is 8.98. The van der Waals surface area contributed by atoms with Gasteiger partial charge in [0.15, 0.2) is 0 Å². The van der Waals surface area contributed by atoms with E-state index in [1.807, 2.05) is 13.0 Å². The molecule has 0 unspecified atom stereocenters. The van der Waals surface area contributed by atoms with E-state index in [2.05, 4.69) is 59.1 Å². The Kier molecular flexibility index (Phi) is 13.1. The number of ether oxygens (including phenoxy) is 1. The molecule has 0 radical (unpaired) electrons. The van der Waals surface area contributed by atoms with Crippen molar-refractivity contribution in [1.29, 1.82) is 0 Å². The van der Waals surface area contributed by atoms with Gasteiger partial charge in [0.1, 0.15) is 5.78 Å². The van der Waals surface area contributed by atoms with Crippen molar-refractivity contribution in [3.63, 3.8) is 0 Å². The van der Waals surface area contributed by atoms with Crippen LogP contribution in [0.1, 0.15) is 52.9 Å². The van der Waals surface area contributed by atoms with E-state index in [0.717, 1.165) is 83.9 Å². The smallest absolute Gasteiger partial charge is 0.146 e. The van der Waals surface area contributed by atoms with E-state index in [1.165, 1.54) is 17.7 Å². The van der Waals surface area contributed by atoms with E-state index >= 15 is 0 Å². The van der Waals surface area contributed by atoms with Gasteiger partial charge in [-0.05, 0) is 50.0 Å². The fourth-order valence-electron chi connectivity index (χ4n) is 4.24. The number of rotatable bonds is 13. The number of Topliss-reactive ketones (excluding diaryl/α,β-unsaturated/α-hetero) is 1. The van der Waals surface area contributed by atoms with Crippen LogP contribution in [0.2, 0.25) is 0 Å². The first-order valence-corrected chi connectivity index (χ1v) is 12.8. The summed E-state index contributed by atoms with van der Waals surface area (Å²) in [6.45, 7) is 19.5. The lowest BCUT2D eigenvalue weighted by atomic mass is 10.0. The van der Waals surface area contributed by atoms with E-state index in [0.29, 0.717) is 18.7 Å². The molecule has 0 aromatic heterocycles. The lowest BCUT2D eigenvalue weighted by Gasteiger charge is -2.34. The zero-order valence-electron chi connectivity index (χ0n) is 21.3. The van der Waals surface area contributed by atoms with Gasteiger partial charge in [-0.3, -0.25) is 14.6 Å². The van der Waals surface area contributed by atoms with E-state index in [4.69, 9.17) is 4.74 Å². The summed E-state index contributed by atoms with van der Waals surface area (Å²) in [6.07, 6.45) is 13.7. The molecule has 0 N–H and O–H groups in total. The maximum absolute atomic E-state index is 11.9. The number of allylic oxidation sites excluding steroid dienone is 4. The molecule has 33 heavy (non-hydrogen) atoms. The molecule has 5 heteroatoms. The van der Waals surface area contributed by atoms with E-state index in [9.17, 15) is 4.79 Å². The third-order valence-electron chi connectivity index (χ3n) is 6.23. The molecule has 0 saturated carbocycles. The van der Waals surface area contributed by atoms with Gasteiger partial charge in [-0.2, -0.15) is 0 Å². The minimum absolute atomic E-state index is 0.372. The highest BCUT2D eigenvalue weighted by Crippen LogP contribution is 2.20. The van der Waals surface area contributed by atoms with Gasteiger partial charge in [0.05, 0.1) is 19.8 Å². The Labute approximate surface area is 202 Å². The van der Waals surface area contributed by atoms with Gasteiger partial charge in [0.2, 0.25) is 0 Å². The van der Waals surface area contributed by atoms with Gasteiger partial charge < -0.3 is 9.64 Å². The Hall–Kier alpha value is -1.91. The Bertz CT molecular complexity index is 732. The molecule has 0 aromatic carbocycles. The normalized spacial score (nSPS) is 18.4. The Morgan fingerprint density at radius 3 is 2.33 bits per heavy atom. The first-order chi connectivity index (χ1) is 16.1. The molecule has 0 atom stereocenters. The molecule has 0 amide bonds. The number of morpholine rings is 1. The molecular weight excluding hydrogens is 410 g/mol. The van der Waals surface area contributed by atoms with E-state index < -0.39 is 0 Å². The molecule has 0 spiro atoms. The minimum Gasteiger partial charge on any atom is -0.378 e. The number of ketones is 1. The van der Waals surface area contributed by atoms with Crippen LogP contribution in [0, 0.1) is 0 Å². The summed E-state index contributed by atoms with van der Waals surface area (Å²) in [4.78, 5) is 19.1. The van der Waals surface area contributed by atoms with Crippen LogP contribution in [-0.4, -0.2) is 86.1 Å². The Morgan fingerprint density at radius 1 is 1.00 bits per heavy atom. The first-order valence-electron chi connectivity index (χ1n) is 12.8. The molecule has 2 aliphatic heterocycles. The summed E-state index contributed by atoms with van der Waals surface area (Å²) in [7, 11) is 0. The number of unbranched alkanes of at least 4 members (excludes halogenated alkanes) is 1. The SMILES string of the molecule is C=C(/C=C(\C=C/CN1CCN(CC(=O)CCC)CC1)N1CCOCC1)C(=C=CC)CCCC. The zero-order chi connectivity index (χ0) is 23.9. The van der Waals surface area contributed by atoms with Crippen LogP contribution in [0.4, 0.5) is 0 Å². The summed E-state index contributed by atoms with van der Waals surface area (Å²) in [5, 5.41) is 0. The van der Waals surface area contributed by atoms with Crippen molar-refractivity contribution in [3.05, 3.63) is 53.5 Å². The molecule has 2 rings (SSSR count). The molecule has 2 saturated heterocycles. The maximum Gasteiger partial charge on any atom is 0.146 e. The van der Waals surface area contributed by atoms with Crippen LogP contribution in [0.25, 0.3) is 0 Å². The van der Waals surface area contributed by atoms with Crippen LogP contribution in [0.5, 0.6) is 0 Å². The highest BCUT2D eigenvalue weighted by atomic mass is 16.5. The number of hydrogen-bond donors (Lipinski definition) is 0. The molecule has 2 fully saturated rings. The van der Waals surface area contributed by atoms with Crippen LogP contribution in [0.15, 0.2) is 53.5 Å². The lowest BCUT2D eigenvalue weighted by molar-refractivity contribution is -0.120. The number of carbonyl (C=O) groups is 1. The summed E-state index contributed by atoms with van der Waals surface area (Å²) in [5.74, 6) is 0.372. The van der Waals surface area contributed by atoms with Crippen molar-refractivity contribution in [2.75, 3.05) is 65.6 Å². The van der Waals surface area contributed by atoms with Gasteiger partial charge in [-0.25, -0.2) is 0 Å². The number of hydrogen-bond acceptors (Lipinski definition) is 5. The van der Waals surface area contributed by atoms with Crippen LogP contribution in [-0.2, 0) is 9.53 Å². The van der Waals surface area contributed by atoms with E-state index in [1.54, 1.807) is 0 Å². The predicted molar refractivity (Wildman–Crippen MR) is 138 cm³/mol. The summed E-state index contributed by atoms with van der Waals surface area (Å²) < 4.78 is 5.57. The second kappa shape index (κ2) is 15.8. The van der Waals surface area contributed by atoms with E-state index in [-0.39, 0.29) is 0 Å². The van der Waals surface area contributed by atoms with Crippen molar-refractivity contribution in [2.24, 2.45) is 0 Å². The number of piperazine rings is 1. The van der Waals surface area contributed by atoms with Gasteiger partial charge >= 0.3 is 0 Å². The third-order valence-corrected chi connectivity index (χ3v) is 6.23. The number of nitrogens with zero attached hydrogens (tertiary/aromatic N) is 3. The highest BCUT2D eigenvalue weighted by molar-refractivity contribution is 5.80. The summed E-state index contributed by atoms with van der Waals surface area (Å²) in [6, 6.07) is 0. The molecule has 0 aliphatic carbocycles. The van der Waals surface area contributed by atoms with Crippen molar-refractivity contribution in [1.82, 2.24) is 14.7 Å². The highest BCUT2D eigenvalue weighted by Gasteiger charge is 2.18. The van der Waals surface area contributed by atoms with Gasteiger partial charge in [0, 0.05) is 63.5 Å². The van der Waals surface area contributed by atoms with Crippen molar-refractivity contribution in [3.8, 4) is 0 Å². The second-order valence-corrected chi connectivity index (χ2v) is 8.98. The largest absolute Gasteiger partial charge is 0.378 e. The molecule has 5 nitrogen and oxygen atoms in total.